The van der Waals surface area contributed by atoms with Gasteiger partial charge in [-0.15, -0.1) is 0 Å². The molecule has 1 amide bonds. The number of carbonyl (C=O) groups is 2. The Morgan fingerprint density at radius 1 is 1.30 bits per heavy atom. The van der Waals surface area contributed by atoms with E-state index < -0.39 is 5.97 Å². The molecule has 0 unspecified atom stereocenters. The van der Waals surface area contributed by atoms with Crippen LogP contribution >= 0.6 is 0 Å². The van der Waals surface area contributed by atoms with E-state index in [0.29, 0.717) is 18.9 Å². The van der Waals surface area contributed by atoms with Crippen molar-refractivity contribution in [2.45, 2.75) is 25.8 Å². The number of aromatic carboxylic acids is 1. The van der Waals surface area contributed by atoms with E-state index in [0.717, 1.165) is 49.3 Å². The number of nitrogens with zero attached hydrogens (tertiary/aromatic N) is 3. The van der Waals surface area contributed by atoms with Gasteiger partial charge in [0.25, 0.3) is 0 Å². The Hall–Kier alpha value is -2.67. The highest BCUT2D eigenvalue weighted by atomic mass is 16.4. The minimum Gasteiger partial charge on any atom is -0.478 e. The van der Waals surface area contributed by atoms with Crippen LogP contribution in [0.1, 0.15) is 34.6 Å². The summed E-state index contributed by atoms with van der Waals surface area (Å²) in [7, 11) is 2.07. The fraction of sp³-hybridized carbons (Fsp3) is 0.450. The van der Waals surface area contributed by atoms with Crippen molar-refractivity contribution in [2.24, 2.45) is 5.92 Å². The second kappa shape index (κ2) is 7.15. The van der Waals surface area contributed by atoms with Crippen LogP contribution in [0.4, 0.5) is 0 Å². The second-order valence-corrected chi connectivity index (χ2v) is 7.51. The molecule has 7 heteroatoms. The van der Waals surface area contributed by atoms with Gasteiger partial charge in [0.1, 0.15) is 5.82 Å². The molecular formula is C20H24N4O3. The Bertz CT molecular complexity index is 876. The highest BCUT2D eigenvalue weighted by Gasteiger charge is 2.31. The summed E-state index contributed by atoms with van der Waals surface area (Å²) in [5, 5.41) is 9.18. The van der Waals surface area contributed by atoms with E-state index in [1.165, 1.54) is 0 Å². The monoisotopic (exact) mass is 368 g/mol. The van der Waals surface area contributed by atoms with E-state index in [4.69, 9.17) is 0 Å². The van der Waals surface area contributed by atoms with Gasteiger partial charge in [0.05, 0.1) is 29.4 Å². The van der Waals surface area contributed by atoms with Crippen LogP contribution in [0.25, 0.3) is 11.4 Å². The number of carboxylic acids is 1. The molecule has 2 aromatic rings. The number of imidazole rings is 1. The fourth-order valence-corrected chi connectivity index (χ4v) is 4.04. The lowest BCUT2D eigenvalue weighted by Crippen LogP contribution is -2.45. The number of piperidine rings is 1. The van der Waals surface area contributed by atoms with Crippen molar-refractivity contribution in [1.29, 1.82) is 0 Å². The first kappa shape index (κ1) is 17.7. The molecular weight excluding hydrogens is 344 g/mol. The minimum absolute atomic E-state index is 0.0833. The number of hydrogen-bond donors (Lipinski definition) is 2. The largest absolute Gasteiger partial charge is 0.478 e. The third-order valence-electron chi connectivity index (χ3n) is 5.50. The van der Waals surface area contributed by atoms with Crippen molar-refractivity contribution in [3.05, 3.63) is 41.2 Å². The molecule has 2 aliphatic rings. The van der Waals surface area contributed by atoms with Gasteiger partial charge in [-0.05, 0) is 38.6 Å². The molecule has 1 fully saturated rings. The van der Waals surface area contributed by atoms with Gasteiger partial charge in [-0.25, -0.2) is 9.78 Å². The molecule has 0 bridgehead atoms. The smallest absolute Gasteiger partial charge is 0.335 e. The van der Waals surface area contributed by atoms with E-state index in [1.807, 2.05) is 11.0 Å². The number of rotatable bonds is 3. The maximum Gasteiger partial charge on any atom is 0.335 e. The van der Waals surface area contributed by atoms with Crippen molar-refractivity contribution < 1.29 is 14.7 Å². The van der Waals surface area contributed by atoms with E-state index in [-0.39, 0.29) is 17.4 Å². The molecule has 27 heavy (non-hydrogen) atoms. The highest BCUT2D eigenvalue weighted by molar-refractivity contribution is 5.89. The van der Waals surface area contributed by atoms with E-state index >= 15 is 0 Å². The quantitative estimate of drug-likeness (QED) is 0.865. The summed E-state index contributed by atoms with van der Waals surface area (Å²) >= 11 is 0. The van der Waals surface area contributed by atoms with E-state index in [1.54, 1.807) is 18.2 Å². The van der Waals surface area contributed by atoms with Crippen molar-refractivity contribution in [3.63, 3.8) is 0 Å². The first-order valence-corrected chi connectivity index (χ1v) is 9.40. The number of fused-ring (bicyclic) bond motifs is 1. The molecule has 3 heterocycles. The van der Waals surface area contributed by atoms with Crippen LogP contribution in [0.15, 0.2) is 24.3 Å². The van der Waals surface area contributed by atoms with Crippen LogP contribution in [0, 0.1) is 5.92 Å². The number of aromatic amines is 1. The van der Waals surface area contributed by atoms with Gasteiger partial charge in [-0.3, -0.25) is 4.79 Å². The molecule has 0 aliphatic carbocycles. The number of aromatic nitrogens is 2. The molecule has 1 saturated heterocycles. The molecule has 2 aliphatic heterocycles. The number of carbonyl (C=O) groups excluding carboxylic acids is 1. The van der Waals surface area contributed by atoms with Crippen LogP contribution in [0.3, 0.4) is 0 Å². The van der Waals surface area contributed by atoms with E-state index in [2.05, 4.69) is 21.9 Å². The first-order valence-electron chi connectivity index (χ1n) is 9.40. The lowest BCUT2D eigenvalue weighted by Gasteiger charge is -2.34. The predicted octanol–water partition coefficient (Wildman–Crippen LogP) is 2.00. The zero-order valence-electron chi connectivity index (χ0n) is 15.4. The molecule has 0 radical (unpaired) electrons. The van der Waals surface area contributed by atoms with Gasteiger partial charge < -0.3 is 19.9 Å². The average Bonchev–Trinajstić information content (AvgIpc) is 3.11. The van der Waals surface area contributed by atoms with Gasteiger partial charge >= 0.3 is 5.97 Å². The fourth-order valence-electron chi connectivity index (χ4n) is 4.04. The van der Waals surface area contributed by atoms with Crippen molar-refractivity contribution in [1.82, 2.24) is 19.8 Å². The summed E-state index contributed by atoms with van der Waals surface area (Å²) in [6.07, 6.45) is 2.75. The number of benzene rings is 1. The maximum atomic E-state index is 12.9. The van der Waals surface area contributed by atoms with Crippen molar-refractivity contribution >= 4 is 11.9 Å². The molecule has 1 aromatic carbocycles. The molecule has 7 nitrogen and oxygen atoms in total. The molecule has 0 spiro atoms. The zero-order valence-corrected chi connectivity index (χ0v) is 15.4. The zero-order chi connectivity index (χ0) is 19.0. The first-order chi connectivity index (χ1) is 13.0. The number of carboxylic acid groups (broad SMARTS) is 1. The summed E-state index contributed by atoms with van der Waals surface area (Å²) in [5.74, 6) is 0.0216. The number of hydrogen-bond acceptors (Lipinski definition) is 4. The Morgan fingerprint density at radius 2 is 2.15 bits per heavy atom. The van der Waals surface area contributed by atoms with E-state index in [9.17, 15) is 14.7 Å². The summed E-state index contributed by atoms with van der Waals surface area (Å²) in [6, 6.07) is 6.75. The van der Waals surface area contributed by atoms with Gasteiger partial charge in [-0.2, -0.15) is 0 Å². The number of H-pyrrole nitrogens is 1. The third kappa shape index (κ3) is 3.60. The molecule has 1 aromatic heterocycles. The molecule has 0 saturated carbocycles. The van der Waals surface area contributed by atoms with Gasteiger partial charge in [0.15, 0.2) is 0 Å². The Morgan fingerprint density at radius 3 is 2.93 bits per heavy atom. The molecule has 2 N–H and O–H groups in total. The molecule has 142 valence electrons. The maximum absolute atomic E-state index is 12.9. The predicted molar refractivity (Wildman–Crippen MR) is 100 cm³/mol. The summed E-state index contributed by atoms with van der Waals surface area (Å²) < 4.78 is 0. The second-order valence-electron chi connectivity index (χ2n) is 7.51. The Labute approximate surface area is 158 Å². The lowest BCUT2D eigenvalue weighted by molar-refractivity contribution is -0.138. The summed E-state index contributed by atoms with van der Waals surface area (Å²) in [6.45, 7) is 3.12. The standard InChI is InChI=1S/C20H24N4O3/c1-23-8-3-6-15(11-23)19(25)24-9-7-16-17(12-24)22-18(21-16)13-4-2-5-14(10-13)20(26)27/h2,4-5,10,15H,3,6-9,11-12H2,1H3,(H,21,22)(H,26,27)/t15-/m0/s1. The molecule has 1 atom stereocenters. The van der Waals surface area contributed by atoms with Crippen molar-refractivity contribution in [3.8, 4) is 11.4 Å². The van der Waals surface area contributed by atoms with Gasteiger partial charge in [0.2, 0.25) is 5.91 Å². The molecule has 4 rings (SSSR count). The van der Waals surface area contributed by atoms with Crippen LogP contribution < -0.4 is 0 Å². The number of nitrogens with one attached hydrogen (secondary N) is 1. The normalized spacial score (nSPS) is 20.3. The van der Waals surface area contributed by atoms with Crippen LogP contribution in [-0.2, 0) is 17.8 Å². The SMILES string of the molecule is CN1CCC[C@H](C(=O)N2CCc3nc(-c4cccc(C(=O)O)c4)[nH]c3C2)C1. The average molecular weight is 368 g/mol. The third-order valence-corrected chi connectivity index (χ3v) is 5.50. The highest BCUT2D eigenvalue weighted by Crippen LogP contribution is 2.26. The van der Waals surface area contributed by atoms with Gasteiger partial charge in [0, 0.05) is 25.1 Å². The topological polar surface area (TPSA) is 89.5 Å². The lowest BCUT2D eigenvalue weighted by atomic mass is 9.96. The van der Waals surface area contributed by atoms with Crippen LogP contribution in [0.2, 0.25) is 0 Å². The van der Waals surface area contributed by atoms with Crippen LogP contribution in [-0.4, -0.2) is 63.4 Å². The summed E-state index contributed by atoms with van der Waals surface area (Å²) in [4.78, 5) is 36.2. The Kier molecular flexibility index (Phi) is 4.70. The Balaban J connectivity index is 1.51. The number of amides is 1. The van der Waals surface area contributed by atoms with Gasteiger partial charge in [-0.1, -0.05) is 12.1 Å². The van der Waals surface area contributed by atoms with Crippen LogP contribution in [0.5, 0.6) is 0 Å². The number of likely N-dealkylation sites (tertiary alicyclic amines) is 1. The minimum atomic E-state index is -0.956. The van der Waals surface area contributed by atoms with Crippen molar-refractivity contribution in [2.75, 3.05) is 26.7 Å². The summed E-state index contributed by atoms with van der Waals surface area (Å²) in [5.41, 5.74) is 2.90.